The van der Waals surface area contributed by atoms with E-state index in [4.69, 9.17) is 21.1 Å². The zero-order valence-electron chi connectivity index (χ0n) is 11.4. The molecule has 4 nitrogen and oxygen atoms in total. The molecule has 21 heavy (non-hydrogen) atoms. The van der Waals surface area contributed by atoms with Crippen LogP contribution >= 0.6 is 27.5 Å². The number of hydrogen-bond donors (Lipinski definition) is 1. The Hall–Kier alpha value is -1.72. The van der Waals surface area contributed by atoms with Crippen molar-refractivity contribution in [3.63, 3.8) is 0 Å². The molecule has 2 aromatic carbocycles. The Morgan fingerprint density at radius 2 is 1.86 bits per heavy atom. The highest BCUT2D eigenvalue weighted by molar-refractivity contribution is 9.10. The number of nitrogens with one attached hydrogen (secondary N) is 1. The summed E-state index contributed by atoms with van der Waals surface area (Å²) in [7, 11) is 3.22. The molecule has 0 radical (unpaired) electrons. The van der Waals surface area contributed by atoms with Crippen molar-refractivity contribution in [1.82, 2.24) is 9.97 Å². The van der Waals surface area contributed by atoms with E-state index < -0.39 is 0 Å². The van der Waals surface area contributed by atoms with Crippen molar-refractivity contribution in [2.75, 3.05) is 14.2 Å². The fourth-order valence-corrected chi connectivity index (χ4v) is 3.06. The first-order chi connectivity index (χ1) is 10.1. The molecule has 0 aliphatic carbocycles. The monoisotopic (exact) mass is 366 g/mol. The quantitative estimate of drug-likeness (QED) is 0.732. The van der Waals surface area contributed by atoms with Crippen molar-refractivity contribution in [2.24, 2.45) is 0 Å². The Labute approximate surface area is 135 Å². The van der Waals surface area contributed by atoms with Gasteiger partial charge in [0.15, 0.2) is 11.5 Å². The molecule has 3 rings (SSSR count). The van der Waals surface area contributed by atoms with Crippen LogP contribution in [-0.2, 0) is 0 Å². The molecule has 108 valence electrons. The van der Waals surface area contributed by atoms with Crippen LogP contribution in [0.25, 0.3) is 22.4 Å². The van der Waals surface area contributed by atoms with Crippen molar-refractivity contribution in [3.8, 4) is 22.9 Å². The Morgan fingerprint density at radius 1 is 1.10 bits per heavy atom. The van der Waals surface area contributed by atoms with Crippen LogP contribution in [0, 0.1) is 0 Å². The summed E-state index contributed by atoms with van der Waals surface area (Å²) in [5, 5.41) is 0.650. The summed E-state index contributed by atoms with van der Waals surface area (Å²) in [5.74, 6) is 2.09. The van der Waals surface area contributed by atoms with Crippen molar-refractivity contribution < 1.29 is 9.47 Å². The first-order valence-electron chi connectivity index (χ1n) is 6.19. The van der Waals surface area contributed by atoms with E-state index in [9.17, 15) is 0 Å². The molecule has 0 saturated heterocycles. The van der Waals surface area contributed by atoms with E-state index >= 15 is 0 Å². The van der Waals surface area contributed by atoms with Gasteiger partial charge in [0.05, 0.1) is 19.7 Å². The largest absolute Gasteiger partial charge is 0.493 e. The summed E-state index contributed by atoms with van der Waals surface area (Å²) in [6, 6.07) is 9.33. The molecular weight excluding hydrogens is 356 g/mol. The minimum absolute atomic E-state index is 0.650. The number of aromatic amines is 1. The van der Waals surface area contributed by atoms with E-state index in [0.29, 0.717) is 16.5 Å². The lowest BCUT2D eigenvalue weighted by Gasteiger charge is -2.08. The van der Waals surface area contributed by atoms with Gasteiger partial charge in [0, 0.05) is 15.1 Å². The maximum atomic E-state index is 6.05. The highest BCUT2D eigenvalue weighted by Gasteiger charge is 2.12. The maximum Gasteiger partial charge on any atom is 0.161 e. The molecule has 0 unspecified atom stereocenters. The second-order valence-corrected chi connectivity index (χ2v) is 5.73. The molecule has 6 heteroatoms. The van der Waals surface area contributed by atoms with E-state index in [2.05, 4.69) is 25.9 Å². The number of fused-ring (bicyclic) bond motifs is 1. The van der Waals surface area contributed by atoms with E-state index in [1.54, 1.807) is 14.2 Å². The number of H-pyrrole nitrogens is 1. The Bertz CT molecular complexity index is 817. The summed E-state index contributed by atoms with van der Waals surface area (Å²) in [6.07, 6.45) is 0. The van der Waals surface area contributed by atoms with Gasteiger partial charge in [-0.2, -0.15) is 0 Å². The fraction of sp³-hybridized carbons (Fsp3) is 0.133. The molecule has 1 N–H and O–H groups in total. The molecule has 1 aromatic heterocycles. The van der Waals surface area contributed by atoms with Gasteiger partial charge in [-0.25, -0.2) is 4.98 Å². The van der Waals surface area contributed by atoms with Crippen LogP contribution in [0.5, 0.6) is 11.5 Å². The molecule has 0 amide bonds. The lowest BCUT2D eigenvalue weighted by atomic mass is 10.2. The average molecular weight is 368 g/mol. The molecule has 0 fully saturated rings. The minimum atomic E-state index is 0.650. The van der Waals surface area contributed by atoms with Gasteiger partial charge in [0.25, 0.3) is 0 Å². The molecular formula is C15H12BrClN2O2. The zero-order chi connectivity index (χ0) is 15.0. The first kappa shape index (κ1) is 14.2. The predicted molar refractivity (Wildman–Crippen MR) is 87.3 cm³/mol. The van der Waals surface area contributed by atoms with Crippen LogP contribution in [0.2, 0.25) is 5.02 Å². The van der Waals surface area contributed by atoms with Gasteiger partial charge in [-0.15, -0.1) is 0 Å². The van der Waals surface area contributed by atoms with E-state index in [1.807, 2.05) is 30.3 Å². The number of rotatable bonds is 3. The molecule has 0 saturated carbocycles. The third-order valence-corrected chi connectivity index (χ3v) is 3.98. The summed E-state index contributed by atoms with van der Waals surface area (Å²) in [5.41, 5.74) is 2.62. The van der Waals surface area contributed by atoms with Crippen molar-refractivity contribution >= 4 is 38.6 Å². The lowest BCUT2D eigenvalue weighted by molar-refractivity contribution is 0.355. The van der Waals surface area contributed by atoms with Crippen molar-refractivity contribution in [1.29, 1.82) is 0 Å². The smallest absolute Gasteiger partial charge is 0.161 e. The normalized spacial score (nSPS) is 10.9. The van der Waals surface area contributed by atoms with Crippen molar-refractivity contribution in [3.05, 3.63) is 39.8 Å². The summed E-state index contributed by atoms with van der Waals surface area (Å²) >= 11 is 9.53. The van der Waals surface area contributed by atoms with E-state index in [0.717, 1.165) is 26.9 Å². The molecule has 0 aliphatic heterocycles. The standard InChI is InChI=1S/C15H12BrClN2O2/c1-20-12-4-3-8(5-13(12)21-2)15-18-11-7-9(17)6-10(16)14(11)19-15/h3-7H,1-2H3,(H,18,19). The van der Waals surface area contributed by atoms with Crippen LogP contribution in [-0.4, -0.2) is 24.2 Å². The Balaban J connectivity index is 2.14. The van der Waals surface area contributed by atoms with Crippen LogP contribution < -0.4 is 9.47 Å². The zero-order valence-corrected chi connectivity index (χ0v) is 13.7. The molecule has 0 bridgehead atoms. The van der Waals surface area contributed by atoms with Gasteiger partial charge in [-0.05, 0) is 46.3 Å². The Morgan fingerprint density at radius 3 is 2.57 bits per heavy atom. The molecule has 0 aliphatic rings. The number of imidazole rings is 1. The number of aromatic nitrogens is 2. The number of halogens is 2. The topological polar surface area (TPSA) is 47.1 Å². The molecule has 0 spiro atoms. The van der Waals surface area contributed by atoms with Gasteiger partial charge < -0.3 is 14.5 Å². The fourth-order valence-electron chi connectivity index (χ4n) is 2.16. The average Bonchev–Trinajstić information content (AvgIpc) is 2.90. The molecule has 1 heterocycles. The summed E-state index contributed by atoms with van der Waals surface area (Å²) in [6.45, 7) is 0. The summed E-state index contributed by atoms with van der Waals surface area (Å²) < 4.78 is 11.4. The second-order valence-electron chi connectivity index (χ2n) is 4.44. The third-order valence-electron chi connectivity index (χ3n) is 3.16. The van der Waals surface area contributed by atoms with Gasteiger partial charge in [0.2, 0.25) is 0 Å². The second kappa shape index (κ2) is 5.58. The maximum absolute atomic E-state index is 6.05. The minimum Gasteiger partial charge on any atom is -0.493 e. The Kier molecular flexibility index (Phi) is 3.78. The molecule has 0 atom stereocenters. The highest BCUT2D eigenvalue weighted by atomic mass is 79.9. The number of hydrogen-bond acceptors (Lipinski definition) is 3. The number of benzene rings is 2. The molecule has 3 aromatic rings. The van der Waals surface area contributed by atoms with Gasteiger partial charge in [-0.3, -0.25) is 0 Å². The van der Waals surface area contributed by atoms with Crippen LogP contribution in [0.4, 0.5) is 0 Å². The van der Waals surface area contributed by atoms with Gasteiger partial charge >= 0.3 is 0 Å². The van der Waals surface area contributed by atoms with Crippen LogP contribution in [0.1, 0.15) is 0 Å². The van der Waals surface area contributed by atoms with Gasteiger partial charge in [0.1, 0.15) is 11.3 Å². The highest BCUT2D eigenvalue weighted by Crippen LogP contribution is 2.33. The SMILES string of the molecule is COc1ccc(-c2nc3c(Br)cc(Cl)cc3[nH]2)cc1OC. The van der Waals surface area contributed by atoms with Crippen LogP contribution in [0.15, 0.2) is 34.8 Å². The van der Waals surface area contributed by atoms with E-state index in [1.165, 1.54) is 0 Å². The number of ether oxygens (including phenoxy) is 2. The van der Waals surface area contributed by atoms with Gasteiger partial charge in [-0.1, -0.05) is 11.6 Å². The summed E-state index contributed by atoms with van der Waals surface area (Å²) in [4.78, 5) is 7.86. The lowest BCUT2D eigenvalue weighted by Crippen LogP contribution is -1.91. The third kappa shape index (κ3) is 2.59. The van der Waals surface area contributed by atoms with Crippen molar-refractivity contribution in [2.45, 2.75) is 0 Å². The van der Waals surface area contributed by atoms with E-state index in [-0.39, 0.29) is 0 Å². The van der Waals surface area contributed by atoms with Crippen LogP contribution in [0.3, 0.4) is 0 Å². The first-order valence-corrected chi connectivity index (χ1v) is 7.36. The number of nitrogens with zero attached hydrogens (tertiary/aromatic N) is 1. The number of methoxy groups -OCH3 is 2. The predicted octanol–water partition coefficient (Wildman–Crippen LogP) is 4.66.